The number of hydrogen-bond acceptors (Lipinski definition) is 3. The summed E-state index contributed by atoms with van der Waals surface area (Å²) in [5.41, 5.74) is 4.97. The van der Waals surface area contributed by atoms with Crippen molar-refractivity contribution >= 4 is 0 Å². The number of hydrogen-bond donors (Lipinski definition) is 0. The van der Waals surface area contributed by atoms with Crippen LogP contribution in [0.5, 0.6) is 0 Å². The first-order chi connectivity index (χ1) is 10.6. The Morgan fingerprint density at radius 1 is 1.09 bits per heavy atom. The lowest BCUT2D eigenvalue weighted by Crippen LogP contribution is -2.44. The molecular formula is C19H24N2O. The van der Waals surface area contributed by atoms with Gasteiger partial charge in [0.1, 0.15) is 0 Å². The molecule has 0 saturated carbocycles. The van der Waals surface area contributed by atoms with Gasteiger partial charge in [-0.15, -0.1) is 0 Å². The van der Waals surface area contributed by atoms with Crippen LogP contribution in [0, 0.1) is 6.92 Å². The van der Waals surface area contributed by atoms with E-state index in [2.05, 4.69) is 61.0 Å². The molecule has 116 valence electrons. The van der Waals surface area contributed by atoms with Crippen molar-refractivity contribution in [3.05, 3.63) is 53.9 Å². The topological polar surface area (TPSA) is 25.4 Å². The van der Waals surface area contributed by atoms with Crippen LogP contribution in [0.2, 0.25) is 0 Å². The second kappa shape index (κ2) is 6.59. The highest BCUT2D eigenvalue weighted by molar-refractivity contribution is 5.63. The van der Waals surface area contributed by atoms with E-state index < -0.39 is 0 Å². The van der Waals surface area contributed by atoms with E-state index in [9.17, 15) is 0 Å². The molecule has 3 rings (SSSR count). The van der Waals surface area contributed by atoms with Gasteiger partial charge in [-0.1, -0.05) is 29.8 Å². The molecule has 1 aromatic carbocycles. The van der Waals surface area contributed by atoms with Crippen molar-refractivity contribution in [3.8, 4) is 11.1 Å². The average molecular weight is 296 g/mol. The first kappa shape index (κ1) is 15.2. The van der Waals surface area contributed by atoms with E-state index in [-0.39, 0.29) is 0 Å². The smallest absolute Gasteiger partial charge is 0.0678 e. The van der Waals surface area contributed by atoms with Crippen molar-refractivity contribution in [3.63, 3.8) is 0 Å². The van der Waals surface area contributed by atoms with E-state index >= 15 is 0 Å². The summed E-state index contributed by atoms with van der Waals surface area (Å²) < 4.78 is 5.80. The molecule has 2 aromatic rings. The molecule has 1 aromatic heterocycles. The zero-order valence-corrected chi connectivity index (χ0v) is 13.6. The molecule has 2 heterocycles. The van der Waals surface area contributed by atoms with E-state index in [1.54, 1.807) is 0 Å². The average Bonchev–Trinajstić information content (AvgIpc) is 2.46. The molecule has 0 N–H and O–H groups in total. The number of pyridine rings is 1. The van der Waals surface area contributed by atoms with Crippen molar-refractivity contribution in [2.75, 3.05) is 13.1 Å². The summed E-state index contributed by atoms with van der Waals surface area (Å²) in [6.45, 7) is 9.31. The minimum Gasteiger partial charge on any atom is -0.373 e. The number of morpholine rings is 1. The molecule has 0 amide bonds. The molecule has 3 heteroatoms. The van der Waals surface area contributed by atoms with Crippen LogP contribution in [-0.4, -0.2) is 35.2 Å². The predicted octanol–water partition coefficient (Wildman–Crippen LogP) is 3.67. The van der Waals surface area contributed by atoms with Gasteiger partial charge < -0.3 is 4.74 Å². The highest BCUT2D eigenvalue weighted by Gasteiger charge is 2.22. The Balaban J connectivity index is 1.77. The van der Waals surface area contributed by atoms with Crippen LogP contribution < -0.4 is 0 Å². The SMILES string of the molecule is Cc1cccc(-c2cncc(CN3CC(C)OC(C)C3)c2)c1. The van der Waals surface area contributed by atoms with Gasteiger partial charge in [0, 0.05) is 37.6 Å². The maximum Gasteiger partial charge on any atom is 0.0678 e. The van der Waals surface area contributed by atoms with E-state index in [1.165, 1.54) is 22.3 Å². The molecule has 22 heavy (non-hydrogen) atoms. The molecule has 0 radical (unpaired) electrons. The summed E-state index contributed by atoms with van der Waals surface area (Å²) in [6, 6.07) is 10.8. The quantitative estimate of drug-likeness (QED) is 0.864. The van der Waals surface area contributed by atoms with Crippen LogP contribution in [0.15, 0.2) is 42.7 Å². The summed E-state index contributed by atoms with van der Waals surface area (Å²) in [5, 5.41) is 0. The van der Waals surface area contributed by atoms with Gasteiger partial charge in [0.05, 0.1) is 12.2 Å². The van der Waals surface area contributed by atoms with Gasteiger partial charge >= 0.3 is 0 Å². The van der Waals surface area contributed by atoms with Gasteiger partial charge in [-0.2, -0.15) is 0 Å². The van der Waals surface area contributed by atoms with Crippen molar-refractivity contribution in [2.45, 2.75) is 39.5 Å². The van der Waals surface area contributed by atoms with Crippen LogP contribution in [0.25, 0.3) is 11.1 Å². The molecular weight excluding hydrogens is 272 g/mol. The number of rotatable bonds is 3. The van der Waals surface area contributed by atoms with Crippen molar-refractivity contribution in [1.82, 2.24) is 9.88 Å². The Bertz CT molecular complexity index is 631. The molecule has 1 saturated heterocycles. The Morgan fingerprint density at radius 2 is 1.86 bits per heavy atom. The summed E-state index contributed by atoms with van der Waals surface area (Å²) in [7, 11) is 0. The first-order valence-corrected chi connectivity index (χ1v) is 7.99. The van der Waals surface area contributed by atoms with Crippen molar-refractivity contribution in [1.29, 1.82) is 0 Å². The van der Waals surface area contributed by atoms with Crippen LogP contribution in [0.3, 0.4) is 0 Å². The summed E-state index contributed by atoms with van der Waals surface area (Å²) in [4.78, 5) is 6.89. The maximum atomic E-state index is 5.80. The third-order valence-electron chi connectivity index (χ3n) is 4.05. The summed E-state index contributed by atoms with van der Waals surface area (Å²) in [5.74, 6) is 0. The van der Waals surface area contributed by atoms with Gasteiger partial charge in [-0.25, -0.2) is 0 Å². The Kier molecular flexibility index (Phi) is 4.55. The highest BCUT2D eigenvalue weighted by Crippen LogP contribution is 2.22. The normalized spacial score (nSPS) is 22.7. The molecule has 0 bridgehead atoms. The molecule has 2 atom stereocenters. The molecule has 3 nitrogen and oxygen atoms in total. The maximum absolute atomic E-state index is 5.80. The lowest BCUT2D eigenvalue weighted by atomic mass is 10.0. The zero-order valence-electron chi connectivity index (χ0n) is 13.6. The van der Waals surface area contributed by atoms with Crippen molar-refractivity contribution < 1.29 is 4.74 Å². The minimum atomic E-state index is 0.302. The van der Waals surface area contributed by atoms with E-state index in [0.717, 1.165) is 19.6 Å². The van der Waals surface area contributed by atoms with Gasteiger partial charge in [-0.05, 0) is 38.0 Å². The zero-order chi connectivity index (χ0) is 15.5. The number of ether oxygens (including phenoxy) is 1. The Morgan fingerprint density at radius 3 is 2.59 bits per heavy atom. The Labute approximate surface area is 132 Å². The fraction of sp³-hybridized carbons (Fsp3) is 0.421. The van der Waals surface area contributed by atoms with Gasteiger partial charge in [0.2, 0.25) is 0 Å². The molecule has 1 fully saturated rings. The fourth-order valence-corrected chi connectivity index (χ4v) is 3.23. The van der Waals surface area contributed by atoms with Crippen molar-refractivity contribution in [2.24, 2.45) is 0 Å². The van der Waals surface area contributed by atoms with Crippen LogP contribution in [-0.2, 0) is 11.3 Å². The third kappa shape index (κ3) is 3.73. The van der Waals surface area contributed by atoms with E-state index in [1.807, 2.05) is 12.4 Å². The monoisotopic (exact) mass is 296 g/mol. The number of benzene rings is 1. The second-order valence-corrected chi connectivity index (χ2v) is 6.40. The molecule has 1 aliphatic rings. The highest BCUT2D eigenvalue weighted by atomic mass is 16.5. The van der Waals surface area contributed by atoms with E-state index in [0.29, 0.717) is 12.2 Å². The van der Waals surface area contributed by atoms with Gasteiger partial charge in [0.15, 0.2) is 0 Å². The molecule has 2 unspecified atom stereocenters. The standard InChI is InChI=1S/C19H24N2O/c1-14-5-4-6-18(7-14)19-8-17(9-20-10-19)13-21-11-15(2)22-16(3)12-21/h4-10,15-16H,11-13H2,1-3H3. The lowest BCUT2D eigenvalue weighted by molar-refractivity contribution is -0.0705. The lowest BCUT2D eigenvalue weighted by Gasteiger charge is -2.35. The molecule has 0 aliphatic carbocycles. The number of aromatic nitrogens is 1. The fourth-order valence-electron chi connectivity index (χ4n) is 3.23. The second-order valence-electron chi connectivity index (χ2n) is 6.40. The Hall–Kier alpha value is -1.71. The summed E-state index contributed by atoms with van der Waals surface area (Å²) in [6.07, 6.45) is 4.53. The van der Waals surface area contributed by atoms with E-state index in [4.69, 9.17) is 4.74 Å². The number of nitrogens with zero attached hydrogens (tertiary/aromatic N) is 2. The van der Waals surface area contributed by atoms with Crippen LogP contribution >= 0.6 is 0 Å². The van der Waals surface area contributed by atoms with Gasteiger partial charge in [0.25, 0.3) is 0 Å². The van der Waals surface area contributed by atoms with Gasteiger partial charge in [-0.3, -0.25) is 9.88 Å². The summed E-state index contributed by atoms with van der Waals surface area (Å²) >= 11 is 0. The van der Waals surface area contributed by atoms with Crippen LogP contribution in [0.4, 0.5) is 0 Å². The minimum absolute atomic E-state index is 0.302. The molecule has 1 aliphatic heterocycles. The molecule has 0 spiro atoms. The first-order valence-electron chi connectivity index (χ1n) is 7.99. The third-order valence-corrected chi connectivity index (χ3v) is 4.05. The number of aryl methyl sites for hydroxylation is 1. The predicted molar refractivity (Wildman–Crippen MR) is 89.7 cm³/mol. The van der Waals surface area contributed by atoms with Crippen LogP contribution in [0.1, 0.15) is 25.0 Å². The largest absolute Gasteiger partial charge is 0.373 e.